The maximum atomic E-state index is 9.32. The average molecular weight is 271 g/mol. The van der Waals surface area contributed by atoms with Gasteiger partial charge in [-0.25, -0.2) is 0 Å². The summed E-state index contributed by atoms with van der Waals surface area (Å²) in [5, 5.41) is 12.9. The van der Waals surface area contributed by atoms with Crippen molar-refractivity contribution in [2.24, 2.45) is 0 Å². The molecule has 106 valence electrons. The Morgan fingerprint density at radius 3 is 1.75 bits per heavy atom. The normalized spacial score (nSPS) is 13.8. The van der Waals surface area contributed by atoms with Crippen molar-refractivity contribution in [3.05, 3.63) is 59.7 Å². The molecule has 2 aromatic carbocycles. The van der Waals surface area contributed by atoms with Crippen molar-refractivity contribution in [3.8, 4) is 11.5 Å². The summed E-state index contributed by atoms with van der Waals surface area (Å²) in [6, 6.07) is 15.8. The second kappa shape index (κ2) is 6.44. The van der Waals surface area contributed by atoms with Gasteiger partial charge < -0.3 is 15.2 Å². The molecule has 2 N–H and O–H groups in total. The molecule has 0 aliphatic rings. The van der Waals surface area contributed by atoms with E-state index in [0.717, 1.165) is 11.3 Å². The summed E-state index contributed by atoms with van der Waals surface area (Å²) < 4.78 is 5.17. The highest BCUT2D eigenvalue weighted by Gasteiger charge is 2.11. The number of benzene rings is 2. The summed E-state index contributed by atoms with van der Waals surface area (Å²) >= 11 is 0. The molecular formula is C17H21NO2. The van der Waals surface area contributed by atoms with E-state index in [-0.39, 0.29) is 12.1 Å². The molecule has 2 atom stereocenters. The second-order valence-corrected chi connectivity index (χ2v) is 4.97. The van der Waals surface area contributed by atoms with Crippen LogP contribution in [-0.4, -0.2) is 12.2 Å². The van der Waals surface area contributed by atoms with Crippen molar-refractivity contribution in [1.29, 1.82) is 0 Å². The average Bonchev–Trinajstić information content (AvgIpc) is 2.48. The monoisotopic (exact) mass is 271 g/mol. The minimum atomic E-state index is 0.215. The molecule has 0 saturated carbocycles. The molecule has 3 heteroatoms. The zero-order chi connectivity index (χ0) is 14.5. The number of nitrogens with one attached hydrogen (secondary N) is 1. The van der Waals surface area contributed by atoms with Gasteiger partial charge in [-0.15, -0.1) is 0 Å². The Kier molecular flexibility index (Phi) is 4.64. The lowest BCUT2D eigenvalue weighted by molar-refractivity contribution is 0.414. The number of hydrogen-bond donors (Lipinski definition) is 2. The molecule has 0 fully saturated rings. The number of rotatable bonds is 5. The van der Waals surface area contributed by atoms with Gasteiger partial charge in [0.25, 0.3) is 0 Å². The van der Waals surface area contributed by atoms with Crippen molar-refractivity contribution in [2.45, 2.75) is 25.9 Å². The molecule has 1 unspecified atom stereocenters. The molecule has 0 aliphatic heterocycles. The summed E-state index contributed by atoms with van der Waals surface area (Å²) in [6.45, 7) is 4.26. The number of ether oxygens (including phenoxy) is 1. The number of methoxy groups -OCH3 is 1. The van der Waals surface area contributed by atoms with Gasteiger partial charge in [-0.3, -0.25) is 0 Å². The van der Waals surface area contributed by atoms with E-state index in [9.17, 15) is 5.11 Å². The van der Waals surface area contributed by atoms with Crippen LogP contribution in [0.1, 0.15) is 37.1 Å². The molecular weight excluding hydrogens is 250 g/mol. The lowest BCUT2D eigenvalue weighted by Crippen LogP contribution is -2.22. The van der Waals surface area contributed by atoms with Crippen molar-refractivity contribution in [1.82, 2.24) is 5.32 Å². The predicted molar refractivity (Wildman–Crippen MR) is 81.1 cm³/mol. The van der Waals surface area contributed by atoms with Gasteiger partial charge in [0.15, 0.2) is 0 Å². The maximum Gasteiger partial charge on any atom is 0.118 e. The third-order valence-electron chi connectivity index (χ3n) is 3.51. The van der Waals surface area contributed by atoms with Crippen molar-refractivity contribution in [2.75, 3.05) is 7.11 Å². The van der Waals surface area contributed by atoms with Crippen LogP contribution >= 0.6 is 0 Å². The highest BCUT2D eigenvalue weighted by atomic mass is 16.5. The molecule has 0 saturated heterocycles. The first-order valence-electron chi connectivity index (χ1n) is 6.79. The summed E-state index contributed by atoms with van der Waals surface area (Å²) in [4.78, 5) is 0. The van der Waals surface area contributed by atoms with Gasteiger partial charge in [0.2, 0.25) is 0 Å². The van der Waals surface area contributed by atoms with Gasteiger partial charge in [-0.05, 0) is 49.2 Å². The molecule has 3 nitrogen and oxygen atoms in total. The summed E-state index contributed by atoms with van der Waals surface area (Å²) in [6.07, 6.45) is 0. The van der Waals surface area contributed by atoms with E-state index < -0.39 is 0 Å². The number of phenols is 1. The van der Waals surface area contributed by atoms with E-state index >= 15 is 0 Å². The van der Waals surface area contributed by atoms with Crippen LogP contribution in [0.3, 0.4) is 0 Å². The summed E-state index contributed by atoms with van der Waals surface area (Å²) in [5.41, 5.74) is 2.37. The molecule has 2 rings (SSSR count). The minimum Gasteiger partial charge on any atom is -0.508 e. The second-order valence-electron chi connectivity index (χ2n) is 4.97. The van der Waals surface area contributed by atoms with E-state index in [0.29, 0.717) is 5.75 Å². The fraction of sp³-hybridized carbons (Fsp3) is 0.294. The lowest BCUT2D eigenvalue weighted by atomic mass is 10.0. The van der Waals surface area contributed by atoms with Gasteiger partial charge in [0.05, 0.1) is 7.11 Å². The van der Waals surface area contributed by atoms with Crippen molar-refractivity contribution >= 4 is 0 Å². The highest BCUT2D eigenvalue weighted by molar-refractivity contribution is 5.30. The van der Waals surface area contributed by atoms with Gasteiger partial charge in [0.1, 0.15) is 11.5 Å². The van der Waals surface area contributed by atoms with E-state index in [4.69, 9.17) is 4.74 Å². The Bertz CT molecular complexity index is 534. The Labute approximate surface area is 120 Å². The van der Waals surface area contributed by atoms with Gasteiger partial charge in [0, 0.05) is 12.1 Å². The predicted octanol–water partition coefficient (Wildman–Crippen LogP) is 3.81. The molecule has 20 heavy (non-hydrogen) atoms. The Hall–Kier alpha value is -2.00. The van der Waals surface area contributed by atoms with Crippen LogP contribution in [0, 0.1) is 0 Å². The van der Waals surface area contributed by atoms with Crippen LogP contribution in [0.2, 0.25) is 0 Å². The molecule has 0 spiro atoms. The first-order chi connectivity index (χ1) is 9.60. The highest BCUT2D eigenvalue weighted by Crippen LogP contribution is 2.22. The standard InChI is InChI=1S/C17H21NO2/c1-12(14-4-8-16(19)9-5-14)18-13(2)15-6-10-17(20-3)11-7-15/h4-13,18-19H,1-3H3/t12?,13-/m1/s1. The smallest absolute Gasteiger partial charge is 0.118 e. The third-order valence-corrected chi connectivity index (χ3v) is 3.51. The fourth-order valence-electron chi connectivity index (χ4n) is 2.22. The van der Waals surface area contributed by atoms with Crippen LogP contribution in [0.25, 0.3) is 0 Å². The molecule has 0 aromatic heterocycles. The molecule has 0 radical (unpaired) electrons. The molecule has 0 heterocycles. The number of aromatic hydroxyl groups is 1. The van der Waals surface area contributed by atoms with Crippen LogP contribution in [-0.2, 0) is 0 Å². The lowest BCUT2D eigenvalue weighted by Gasteiger charge is -2.21. The van der Waals surface area contributed by atoms with E-state index in [1.807, 2.05) is 24.3 Å². The van der Waals surface area contributed by atoms with Crippen LogP contribution in [0.15, 0.2) is 48.5 Å². The number of phenolic OH excluding ortho intramolecular Hbond substituents is 1. The first-order valence-corrected chi connectivity index (χ1v) is 6.79. The Morgan fingerprint density at radius 1 is 0.850 bits per heavy atom. The van der Waals surface area contributed by atoms with E-state index in [1.165, 1.54) is 5.56 Å². The summed E-state index contributed by atoms with van der Waals surface area (Å²) in [5.74, 6) is 1.16. The number of hydrogen-bond acceptors (Lipinski definition) is 3. The van der Waals surface area contributed by atoms with E-state index in [1.54, 1.807) is 19.2 Å². The van der Waals surface area contributed by atoms with Gasteiger partial charge in [-0.1, -0.05) is 24.3 Å². The third kappa shape index (κ3) is 3.52. The molecule has 0 amide bonds. The zero-order valence-corrected chi connectivity index (χ0v) is 12.1. The first kappa shape index (κ1) is 14.4. The Balaban J connectivity index is 2.02. The zero-order valence-electron chi connectivity index (χ0n) is 12.1. The topological polar surface area (TPSA) is 41.5 Å². The molecule has 0 bridgehead atoms. The van der Waals surface area contributed by atoms with Crippen LogP contribution in [0.5, 0.6) is 11.5 Å². The van der Waals surface area contributed by atoms with Gasteiger partial charge in [-0.2, -0.15) is 0 Å². The van der Waals surface area contributed by atoms with E-state index in [2.05, 4.69) is 31.3 Å². The maximum absolute atomic E-state index is 9.32. The van der Waals surface area contributed by atoms with Crippen molar-refractivity contribution < 1.29 is 9.84 Å². The van der Waals surface area contributed by atoms with Crippen LogP contribution in [0.4, 0.5) is 0 Å². The van der Waals surface area contributed by atoms with Crippen LogP contribution < -0.4 is 10.1 Å². The SMILES string of the molecule is COc1ccc([C@@H](C)NC(C)c2ccc(O)cc2)cc1. The summed E-state index contributed by atoms with van der Waals surface area (Å²) in [7, 11) is 1.67. The minimum absolute atomic E-state index is 0.215. The fourth-order valence-corrected chi connectivity index (χ4v) is 2.22. The quantitative estimate of drug-likeness (QED) is 0.868. The Morgan fingerprint density at radius 2 is 1.30 bits per heavy atom. The molecule has 0 aliphatic carbocycles. The van der Waals surface area contributed by atoms with Gasteiger partial charge >= 0.3 is 0 Å². The largest absolute Gasteiger partial charge is 0.508 e. The van der Waals surface area contributed by atoms with Crippen molar-refractivity contribution in [3.63, 3.8) is 0 Å². The molecule has 2 aromatic rings.